The van der Waals surface area contributed by atoms with Gasteiger partial charge < -0.3 is 19.2 Å². The van der Waals surface area contributed by atoms with Crippen molar-refractivity contribution in [3.8, 4) is 5.75 Å². The third kappa shape index (κ3) is 2.42. The summed E-state index contributed by atoms with van der Waals surface area (Å²) in [6.45, 7) is 4.66. The molecule has 20 heavy (non-hydrogen) atoms. The van der Waals surface area contributed by atoms with Crippen LogP contribution in [0.3, 0.4) is 0 Å². The lowest BCUT2D eigenvalue weighted by molar-refractivity contribution is -0.141. The summed E-state index contributed by atoms with van der Waals surface area (Å²) in [5.41, 5.74) is 1.48. The summed E-state index contributed by atoms with van der Waals surface area (Å²) in [5, 5.41) is 0.806. The molecule has 3 rings (SSSR count). The van der Waals surface area contributed by atoms with Crippen LogP contribution >= 0.6 is 0 Å². The molecule has 1 atom stereocenters. The van der Waals surface area contributed by atoms with Crippen molar-refractivity contribution in [2.24, 2.45) is 0 Å². The second-order valence-corrected chi connectivity index (χ2v) is 5.30. The lowest BCUT2D eigenvalue weighted by atomic mass is 10.1. The Bertz CT molecular complexity index is 632. The van der Waals surface area contributed by atoms with E-state index in [1.807, 2.05) is 32.0 Å². The molecule has 1 aliphatic heterocycles. The highest BCUT2D eigenvalue weighted by molar-refractivity contribution is 6.00. The molecule has 1 aromatic carbocycles. The SMILES string of the molecule is CC1(C)OCC(COc2cccc3[nH]cc(C=O)c23)O1. The number of carbonyl (C=O) groups is 1. The third-order valence-corrected chi connectivity index (χ3v) is 3.32. The van der Waals surface area contributed by atoms with Gasteiger partial charge >= 0.3 is 0 Å². The highest BCUT2D eigenvalue weighted by atomic mass is 16.7. The number of rotatable bonds is 4. The number of hydrogen-bond acceptors (Lipinski definition) is 4. The predicted molar refractivity (Wildman–Crippen MR) is 74.1 cm³/mol. The summed E-state index contributed by atoms with van der Waals surface area (Å²) < 4.78 is 17.0. The standard InChI is InChI=1S/C15H17NO4/c1-15(2)19-9-11(20-15)8-18-13-5-3-4-12-14(13)10(7-17)6-16-12/h3-7,11,16H,8-9H2,1-2H3. The fourth-order valence-corrected chi connectivity index (χ4v) is 2.42. The molecule has 1 aromatic heterocycles. The number of ether oxygens (including phenoxy) is 3. The van der Waals surface area contributed by atoms with Crippen LogP contribution in [-0.4, -0.2) is 36.4 Å². The van der Waals surface area contributed by atoms with E-state index in [1.165, 1.54) is 0 Å². The molecule has 1 aliphatic rings. The lowest BCUT2D eigenvalue weighted by Gasteiger charge is -2.17. The van der Waals surface area contributed by atoms with Crippen LogP contribution in [0, 0.1) is 0 Å². The van der Waals surface area contributed by atoms with Crippen LogP contribution in [0.25, 0.3) is 10.9 Å². The van der Waals surface area contributed by atoms with Gasteiger partial charge in [-0.05, 0) is 26.0 Å². The Labute approximate surface area is 116 Å². The van der Waals surface area contributed by atoms with Crippen molar-refractivity contribution in [2.75, 3.05) is 13.2 Å². The minimum atomic E-state index is -0.553. The molecule has 0 bridgehead atoms. The number of fused-ring (bicyclic) bond motifs is 1. The first-order chi connectivity index (χ1) is 9.59. The van der Waals surface area contributed by atoms with Crippen molar-refractivity contribution in [1.29, 1.82) is 0 Å². The molecule has 2 heterocycles. The quantitative estimate of drug-likeness (QED) is 0.871. The smallest absolute Gasteiger partial charge is 0.163 e. The summed E-state index contributed by atoms with van der Waals surface area (Å²) in [5.74, 6) is 0.126. The van der Waals surface area contributed by atoms with E-state index in [4.69, 9.17) is 14.2 Å². The van der Waals surface area contributed by atoms with Crippen molar-refractivity contribution >= 4 is 17.2 Å². The Hall–Kier alpha value is -1.85. The molecule has 0 radical (unpaired) electrons. The third-order valence-electron chi connectivity index (χ3n) is 3.32. The van der Waals surface area contributed by atoms with Crippen molar-refractivity contribution in [3.05, 3.63) is 30.0 Å². The first kappa shape index (κ1) is 13.1. The molecule has 0 saturated carbocycles. The maximum Gasteiger partial charge on any atom is 0.163 e. The van der Waals surface area contributed by atoms with E-state index in [1.54, 1.807) is 6.20 Å². The Morgan fingerprint density at radius 3 is 3.05 bits per heavy atom. The molecule has 106 valence electrons. The van der Waals surface area contributed by atoms with Crippen LogP contribution in [0.2, 0.25) is 0 Å². The highest BCUT2D eigenvalue weighted by Crippen LogP contribution is 2.29. The maximum atomic E-state index is 11.1. The first-order valence-electron chi connectivity index (χ1n) is 6.59. The molecule has 0 spiro atoms. The second kappa shape index (κ2) is 4.92. The van der Waals surface area contributed by atoms with E-state index in [-0.39, 0.29) is 6.10 Å². The van der Waals surface area contributed by atoms with Crippen molar-refractivity contribution < 1.29 is 19.0 Å². The van der Waals surface area contributed by atoms with Gasteiger partial charge in [0.05, 0.1) is 12.0 Å². The van der Waals surface area contributed by atoms with Crippen molar-refractivity contribution in [2.45, 2.75) is 25.7 Å². The number of H-pyrrole nitrogens is 1. The van der Waals surface area contributed by atoms with Gasteiger partial charge in [0.15, 0.2) is 12.1 Å². The van der Waals surface area contributed by atoms with Crippen molar-refractivity contribution in [1.82, 2.24) is 4.98 Å². The molecule has 0 amide bonds. The van der Waals surface area contributed by atoms with Crippen LogP contribution in [0.5, 0.6) is 5.75 Å². The highest BCUT2D eigenvalue weighted by Gasteiger charge is 2.33. The zero-order valence-corrected chi connectivity index (χ0v) is 11.5. The van der Waals surface area contributed by atoms with Gasteiger partial charge in [-0.15, -0.1) is 0 Å². The van der Waals surface area contributed by atoms with Crippen LogP contribution in [0.4, 0.5) is 0 Å². The summed E-state index contributed by atoms with van der Waals surface area (Å²) in [6.07, 6.45) is 2.41. The minimum Gasteiger partial charge on any atom is -0.490 e. The van der Waals surface area contributed by atoms with Gasteiger partial charge in [-0.25, -0.2) is 0 Å². The van der Waals surface area contributed by atoms with Crippen molar-refractivity contribution in [3.63, 3.8) is 0 Å². The zero-order chi connectivity index (χ0) is 14.2. The summed E-state index contributed by atoms with van der Waals surface area (Å²) in [6, 6.07) is 5.65. The van der Waals surface area contributed by atoms with E-state index in [9.17, 15) is 4.79 Å². The number of nitrogens with one attached hydrogen (secondary N) is 1. The number of hydrogen-bond donors (Lipinski definition) is 1. The number of carbonyl (C=O) groups excluding carboxylic acids is 1. The van der Waals surface area contributed by atoms with E-state index in [2.05, 4.69) is 4.98 Å². The van der Waals surface area contributed by atoms with Crippen LogP contribution in [0.1, 0.15) is 24.2 Å². The summed E-state index contributed by atoms with van der Waals surface area (Å²) in [4.78, 5) is 14.1. The molecule has 1 saturated heterocycles. The maximum absolute atomic E-state index is 11.1. The normalized spacial score (nSPS) is 21.2. The number of benzene rings is 1. The fourth-order valence-electron chi connectivity index (χ4n) is 2.42. The van der Waals surface area contributed by atoms with E-state index >= 15 is 0 Å². The Morgan fingerprint density at radius 2 is 2.35 bits per heavy atom. The average molecular weight is 275 g/mol. The average Bonchev–Trinajstić information content (AvgIpc) is 2.99. The van der Waals surface area contributed by atoms with Crippen LogP contribution in [-0.2, 0) is 9.47 Å². The Kier molecular flexibility index (Phi) is 3.23. The first-order valence-corrected chi connectivity index (χ1v) is 6.59. The minimum absolute atomic E-state index is 0.0983. The van der Waals surface area contributed by atoms with Gasteiger partial charge in [0, 0.05) is 17.3 Å². The van der Waals surface area contributed by atoms with Gasteiger partial charge in [-0.2, -0.15) is 0 Å². The number of aromatic nitrogens is 1. The Morgan fingerprint density at radius 1 is 1.50 bits per heavy atom. The molecule has 0 aliphatic carbocycles. The van der Waals surface area contributed by atoms with Crippen LogP contribution in [0.15, 0.2) is 24.4 Å². The van der Waals surface area contributed by atoms with Gasteiger partial charge in [-0.1, -0.05) is 6.07 Å². The zero-order valence-electron chi connectivity index (χ0n) is 11.5. The topological polar surface area (TPSA) is 60.5 Å². The molecule has 1 fully saturated rings. The molecule has 5 heteroatoms. The fraction of sp³-hybridized carbons (Fsp3) is 0.400. The second-order valence-electron chi connectivity index (χ2n) is 5.30. The molecular weight excluding hydrogens is 258 g/mol. The van der Waals surface area contributed by atoms with Gasteiger partial charge in [0.25, 0.3) is 0 Å². The molecule has 1 unspecified atom stereocenters. The molecule has 1 N–H and O–H groups in total. The van der Waals surface area contributed by atoms with E-state index in [0.29, 0.717) is 24.5 Å². The predicted octanol–water partition coefficient (Wildman–Crippen LogP) is 2.51. The van der Waals surface area contributed by atoms with E-state index in [0.717, 1.165) is 17.2 Å². The van der Waals surface area contributed by atoms with E-state index < -0.39 is 5.79 Å². The largest absolute Gasteiger partial charge is 0.490 e. The molecule has 2 aromatic rings. The van der Waals surface area contributed by atoms with Gasteiger partial charge in [0.2, 0.25) is 0 Å². The number of aldehydes is 1. The molecular formula is C15H17NO4. The monoisotopic (exact) mass is 275 g/mol. The molecule has 5 nitrogen and oxygen atoms in total. The van der Waals surface area contributed by atoms with Gasteiger partial charge in [0.1, 0.15) is 18.5 Å². The van der Waals surface area contributed by atoms with Crippen LogP contribution < -0.4 is 4.74 Å². The lowest BCUT2D eigenvalue weighted by Crippen LogP contribution is -2.25. The number of aromatic amines is 1. The summed E-state index contributed by atoms with van der Waals surface area (Å²) in [7, 11) is 0. The van der Waals surface area contributed by atoms with Gasteiger partial charge in [-0.3, -0.25) is 4.79 Å². The summed E-state index contributed by atoms with van der Waals surface area (Å²) >= 11 is 0. The Balaban J connectivity index is 1.78.